The minimum atomic E-state index is -0.464. The SMILES string of the molecule is O=[N+]([O-])c1ccccc1OCCN(CCCO)Cc1ccc(Cl)c(Cl)c1. The lowest BCUT2D eigenvalue weighted by atomic mass is 10.2. The maximum Gasteiger partial charge on any atom is 0.310 e. The summed E-state index contributed by atoms with van der Waals surface area (Å²) in [6.07, 6.45) is 0.618. The first kappa shape index (κ1) is 20.5. The smallest absolute Gasteiger partial charge is 0.310 e. The van der Waals surface area contributed by atoms with Crippen molar-refractivity contribution in [3.8, 4) is 5.75 Å². The van der Waals surface area contributed by atoms with Crippen LogP contribution in [-0.2, 0) is 6.54 Å². The Hall–Kier alpha value is -1.86. The molecule has 0 heterocycles. The molecule has 0 aliphatic rings. The van der Waals surface area contributed by atoms with Crippen molar-refractivity contribution in [3.63, 3.8) is 0 Å². The van der Waals surface area contributed by atoms with Crippen LogP contribution in [0.25, 0.3) is 0 Å². The van der Waals surface area contributed by atoms with Gasteiger partial charge in [-0.3, -0.25) is 15.0 Å². The van der Waals surface area contributed by atoms with Gasteiger partial charge in [0, 0.05) is 32.3 Å². The topological polar surface area (TPSA) is 75.8 Å². The maximum atomic E-state index is 11.0. The first-order chi connectivity index (χ1) is 12.5. The number of hydrogen-bond donors (Lipinski definition) is 1. The lowest BCUT2D eigenvalue weighted by Gasteiger charge is -2.22. The van der Waals surface area contributed by atoms with Crippen LogP contribution in [0.5, 0.6) is 5.75 Å². The monoisotopic (exact) mass is 398 g/mol. The Kier molecular flexibility index (Phi) is 8.12. The highest BCUT2D eigenvalue weighted by Gasteiger charge is 2.14. The van der Waals surface area contributed by atoms with Crippen molar-refractivity contribution in [2.75, 3.05) is 26.3 Å². The van der Waals surface area contributed by atoms with E-state index in [1.807, 2.05) is 6.07 Å². The van der Waals surface area contributed by atoms with E-state index in [1.54, 1.807) is 30.3 Å². The van der Waals surface area contributed by atoms with Crippen molar-refractivity contribution < 1.29 is 14.8 Å². The number of benzene rings is 2. The molecular weight excluding hydrogens is 379 g/mol. The number of aliphatic hydroxyl groups is 1. The first-order valence-corrected chi connectivity index (χ1v) is 8.90. The molecule has 0 radical (unpaired) electrons. The van der Waals surface area contributed by atoms with E-state index >= 15 is 0 Å². The number of aliphatic hydroxyl groups excluding tert-OH is 1. The molecule has 2 rings (SSSR count). The molecule has 1 N–H and O–H groups in total. The Labute approximate surface area is 162 Å². The van der Waals surface area contributed by atoms with Gasteiger partial charge in [0.25, 0.3) is 0 Å². The van der Waals surface area contributed by atoms with Gasteiger partial charge in [0.05, 0.1) is 15.0 Å². The van der Waals surface area contributed by atoms with Crippen molar-refractivity contribution in [2.24, 2.45) is 0 Å². The molecule has 26 heavy (non-hydrogen) atoms. The molecule has 2 aromatic carbocycles. The van der Waals surface area contributed by atoms with Crippen LogP contribution in [0.4, 0.5) is 5.69 Å². The molecule has 0 aromatic heterocycles. The fourth-order valence-electron chi connectivity index (χ4n) is 2.48. The Morgan fingerprint density at radius 1 is 1.12 bits per heavy atom. The third-order valence-corrected chi connectivity index (χ3v) is 4.49. The molecule has 0 unspecified atom stereocenters. The molecule has 0 spiro atoms. The molecule has 140 valence electrons. The van der Waals surface area contributed by atoms with Gasteiger partial charge in [-0.25, -0.2) is 0 Å². The Morgan fingerprint density at radius 2 is 1.88 bits per heavy atom. The molecule has 0 saturated heterocycles. The van der Waals surface area contributed by atoms with E-state index in [0.29, 0.717) is 36.1 Å². The van der Waals surface area contributed by atoms with Crippen LogP contribution in [0.15, 0.2) is 42.5 Å². The zero-order chi connectivity index (χ0) is 18.9. The molecule has 0 saturated carbocycles. The van der Waals surface area contributed by atoms with E-state index in [9.17, 15) is 10.1 Å². The molecular formula is C18H20Cl2N2O4. The second-order valence-corrected chi connectivity index (χ2v) is 6.49. The van der Waals surface area contributed by atoms with Crippen LogP contribution in [0.1, 0.15) is 12.0 Å². The van der Waals surface area contributed by atoms with Crippen LogP contribution in [0.2, 0.25) is 10.0 Å². The van der Waals surface area contributed by atoms with Gasteiger partial charge in [-0.15, -0.1) is 0 Å². The van der Waals surface area contributed by atoms with Gasteiger partial charge >= 0.3 is 5.69 Å². The van der Waals surface area contributed by atoms with E-state index in [2.05, 4.69) is 4.90 Å². The van der Waals surface area contributed by atoms with Crippen LogP contribution >= 0.6 is 23.2 Å². The largest absolute Gasteiger partial charge is 0.485 e. The lowest BCUT2D eigenvalue weighted by Crippen LogP contribution is -2.29. The van der Waals surface area contributed by atoms with Gasteiger partial charge in [-0.1, -0.05) is 41.4 Å². The zero-order valence-electron chi connectivity index (χ0n) is 14.1. The number of para-hydroxylation sites is 2. The minimum absolute atomic E-state index is 0.0566. The Morgan fingerprint density at radius 3 is 2.58 bits per heavy atom. The van der Waals surface area contributed by atoms with E-state index in [0.717, 1.165) is 5.56 Å². The Bertz CT molecular complexity index is 743. The third-order valence-electron chi connectivity index (χ3n) is 3.75. The molecule has 2 aromatic rings. The fourth-order valence-corrected chi connectivity index (χ4v) is 2.80. The average Bonchev–Trinajstić information content (AvgIpc) is 2.62. The highest BCUT2D eigenvalue weighted by Crippen LogP contribution is 2.26. The highest BCUT2D eigenvalue weighted by atomic mass is 35.5. The minimum Gasteiger partial charge on any atom is -0.485 e. The summed E-state index contributed by atoms with van der Waals surface area (Å²) in [5, 5.41) is 21.1. The van der Waals surface area contributed by atoms with E-state index < -0.39 is 4.92 Å². The second kappa shape index (κ2) is 10.3. The van der Waals surface area contributed by atoms with Gasteiger partial charge in [0.2, 0.25) is 0 Å². The number of nitro benzene ring substituents is 1. The molecule has 0 aliphatic heterocycles. The molecule has 6 nitrogen and oxygen atoms in total. The van der Waals surface area contributed by atoms with Crippen molar-refractivity contribution in [2.45, 2.75) is 13.0 Å². The summed E-state index contributed by atoms with van der Waals surface area (Å²) < 4.78 is 5.60. The van der Waals surface area contributed by atoms with E-state index in [4.69, 9.17) is 33.0 Å². The van der Waals surface area contributed by atoms with Crippen LogP contribution in [-0.4, -0.2) is 41.2 Å². The predicted octanol–water partition coefficient (Wildman–Crippen LogP) is 4.17. The third kappa shape index (κ3) is 6.14. The quantitative estimate of drug-likeness (QED) is 0.480. The predicted molar refractivity (Wildman–Crippen MR) is 102 cm³/mol. The molecule has 0 amide bonds. The van der Waals surface area contributed by atoms with Crippen molar-refractivity contribution in [1.29, 1.82) is 0 Å². The Balaban J connectivity index is 1.97. The number of halogens is 2. The lowest BCUT2D eigenvalue weighted by molar-refractivity contribution is -0.385. The number of nitrogens with zero attached hydrogens (tertiary/aromatic N) is 2. The average molecular weight is 399 g/mol. The fraction of sp³-hybridized carbons (Fsp3) is 0.333. The second-order valence-electron chi connectivity index (χ2n) is 5.68. The van der Waals surface area contributed by atoms with Crippen molar-refractivity contribution in [1.82, 2.24) is 4.90 Å². The molecule has 0 bridgehead atoms. The van der Waals surface area contributed by atoms with Gasteiger partial charge < -0.3 is 9.84 Å². The summed E-state index contributed by atoms with van der Waals surface area (Å²) in [6.45, 7) is 2.20. The summed E-state index contributed by atoms with van der Waals surface area (Å²) in [6, 6.07) is 11.7. The number of rotatable bonds is 10. The summed E-state index contributed by atoms with van der Waals surface area (Å²) in [5.74, 6) is 0.245. The molecule has 0 aliphatic carbocycles. The van der Waals surface area contributed by atoms with Gasteiger partial charge in [-0.05, 0) is 30.2 Å². The summed E-state index contributed by atoms with van der Waals surface area (Å²) >= 11 is 12.0. The summed E-state index contributed by atoms with van der Waals surface area (Å²) in [5.41, 5.74) is 0.932. The molecule has 0 fully saturated rings. The zero-order valence-corrected chi connectivity index (χ0v) is 15.6. The standard InChI is InChI=1S/C18H20Cl2N2O4/c19-15-7-6-14(12-16(15)20)13-21(8-3-10-23)9-11-26-18-5-2-1-4-17(18)22(24)25/h1-2,4-7,12,23H,3,8-11,13H2. The number of nitro groups is 1. The molecule has 0 atom stereocenters. The van der Waals surface area contributed by atoms with Crippen LogP contribution in [0.3, 0.4) is 0 Å². The maximum absolute atomic E-state index is 11.0. The highest BCUT2D eigenvalue weighted by molar-refractivity contribution is 6.42. The van der Waals surface area contributed by atoms with Gasteiger partial charge in [0.1, 0.15) is 6.61 Å². The normalized spacial score (nSPS) is 10.9. The first-order valence-electron chi connectivity index (χ1n) is 8.14. The van der Waals surface area contributed by atoms with E-state index in [1.165, 1.54) is 6.07 Å². The van der Waals surface area contributed by atoms with Crippen LogP contribution < -0.4 is 4.74 Å². The van der Waals surface area contributed by atoms with Crippen LogP contribution in [0, 0.1) is 10.1 Å². The van der Waals surface area contributed by atoms with Crippen molar-refractivity contribution >= 4 is 28.9 Å². The molecule has 8 heteroatoms. The van der Waals surface area contributed by atoms with E-state index in [-0.39, 0.29) is 24.7 Å². The van der Waals surface area contributed by atoms with Gasteiger partial charge in [0.15, 0.2) is 5.75 Å². The van der Waals surface area contributed by atoms with Gasteiger partial charge in [-0.2, -0.15) is 0 Å². The summed E-state index contributed by atoms with van der Waals surface area (Å²) in [4.78, 5) is 12.6. The van der Waals surface area contributed by atoms with Crippen molar-refractivity contribution in [3.05, 3.63) is 68.2 Å². The number of hydrogen-bond acceptors (Lipinski definition) is 5. The summed E-state index contributed by atoms with van der Waals surface area (Å²) in [7, 11) is 0. The number of ether oxygens (including phenoxy) is 1.